The fourth-order valence-corrected chi connectivity index (χ4v) is 3.27. The van der Waals surface area contributed by atoms with Gasteiger partial charge in [0.2, 0.25) is 10.0 Å². The molecule has 0 bridgehead atoms. The summed E-state index contributed by atoms with van der Waals surface area (Å²) >= 11 is 0. The number of sulfonamides is 1. The third-order valence-electron chi connectivity index (χ3n) is 3.92. The first-order chi connectivity index (χ1) is 11.7. The third-order valence-corrected chi connectivity index (χ3v) is 5.71. The highest BCUT2D eigenvalue weighted by molar-refractivity contribution is 7.89. The number of anilines is 1. The van der Waals surface area contributed by atoms with Gasteiger partial charge < -0.3 is 10.1 Å². The summed E-state index contributed by atoms with van der Waals surface area (Å²) < 4.78 is 44.2. The average molecular weight is 366 g/mol. The zero-order valence-corrected chi connectivity index (χ0v) is 15.7. The van der Waals surface area contributed by atoms with Gasteiger partial charge in [-0.1, -0.05) is 0 Å². The molecule has 1 N–H and O–H groups in total. The zero-order valence-electron chi connectivity index (χ0n) is 14.8. The number of nitrogens with one attached hydrogen (secondary N) is 1. The highest BCUT2D eigenvalue weighted by Crippen LogP contribution is 2.25. The minimum Gasteiger partial charge on any atom is -0.492 e. The lowest BCUT2D eigenvalue weighted by atomic mass is 10.1. The number of hydrogen-bond donors (Lipinski definition) is 1. The number of hydrogen-bond acceptors (Lipinski definition) is 4. The number of ether oxygens (including phenoxy) is 1. The van der Waals surface area contributed by atoms with Crippen molar-refractivity contribution in [1.29, 1.82) is 0 Å². The molecule has 7 heteroatoms. The second-order valence-electron chi connectivity index (χ2n) is 5.93. The van der Waals surface area contributed by atoms with Crippen LogP contribution in [0.1, 0.15) is 11.1 Å². The third kappa shape index (κ3) is 4.70. The van der Waals surface area contributed by atoms with Gasteiger partial charge in [0.15, 0.2) is 0 Å². The van der Waals surface area contributed by atoms with Crippen LogP contribution in [0.2, 0.25) is 0 Å². The van der Waals surface area contributed by atoms with Crippen molar-refractivity contribution in [3.8, 4) is 5.75 Å². The summed E-state index contributed by atoms with van der Waals surface area (Å²) in [6.07, 6.45) is 0. The highest BCUT2D eigenvalue weighted by Gasteiger charge is 2.19. The summed E-state index contributed by atoms with van der Waals surface area (Å²) in [5.41, 5.74) is 2.63. The van der Waals surface area contributed by atoms with Crippen molar-refractivity contribution in [2.45, 2.75) is 18.7 Å². The van der Waals surface area contributed by atoms with Crippen molar-refractivity contribution >= 4 is 15.7 Å². The smallest absolute Gasteiger partial charge is 0.242 e. The van der Waals surface area contributed by atoms with Crippen molar-refractivity contribution in [3.63, 3.8) is 0 Å². The van der Waals surface area contributed by atoms with Gasteiger partial charge in [-0.15, -0.1) is 0 Å². The van der Waals surface area contributed by atoms with Gasteiger partial charge in [-0.3, -0.25) is 0 Å². The van der Waals surface area contributed by atoms with Crippen molar-refractivity contribution in [1.82, 2.24) is 4.31 Å². The van der Waals surface area contributed by atoms with Gasteiger partial charge in [-0.25, -0.2) is 17.1 Å². The van der Waals surface area contributed by atoms with Crippen LogP contribution in [0.15, 0.2) is 41.3 Å². The molecule has 0 saturated heterocycles. The van der Waals surface area contributed by atoms with E-state index in [9.17, 15) is 12.8 Å². The van der Waals surface area contributed by atoms with Gasteiger partial charge in [0, 0.05) is 26.3 Å². The number of rotatable bonds is 7. The Morgan fingerprint density at radius 2 is 1.76 bits per heavy atom. The Labute approximate surface area is 148 Å². The maximum atomic E-state index is 12.8. The minimum atomic E-state index is -3.49. The lowest BCUT2D eigenvalue weighted by molar-refractivity contribution is 0.332. The van der Waals surface area contributed by atoms with Gasteiger partial charge >= 0.3 is 0 Å². The molecule has 5 nitrogen and oxygen atoms in total. The first kappa shape index (κ1) is 19.2. The van der Waals surface area contributed by atoms with Crippen LogP contribution in [0.4, 0.5) is 10.1 Å². The Hall–Kier alpha value is -2.12. The number of aryl methyl sites for hydroxylation is 1. The SMILES string of the molecule is Cc1cc(S(=O)(=O)N(C)C)cc(NCCOc2ccc(F)cc2)c1C. The quantitative estimate of drug-likeness (QED) is 0.765. The predicted octanol–water partition coefficient (Wildman–Crippen LogP) is 3.18. The lowest BCUT2D eigenvalue weighted by Gasteiger charge is -2.17. The van der Waals surface area contributed by atoms with E-state index in [0.29, 0.717) is 18.9 Å². The summed E-state index contributed by atoms with van der Waals surface area (Å²) in [5.74, 6) is 0.274. The van der Waals surface area contributed by atoms with Crippen molar-refractivity contribution in [2.24, 2.45) is 0 Å². The minimum absolute atomic E-state index is 0.252. The molecule has 0 fully saturated rings. The molecule has 0 aliphatic heterocycles. The number of halogens is 1. The van der Waals surface area contributed by atoms with Crippen LogP contribution in [-0.4, -0.2) is 40.0 Å². The first-order valence-electron chi connectivity index (χ1n) is 7.88. The molecule has 0 amide bonds. The van der Waals surface area contributed by atoms with Gasteiger partial charge in [-0.2, -0.15) is 0 Å². The number of nitrogens with zero attached hydrogens (tertiary/aromatic N) is 1. The fourth-order valence-electron chi connectivity index (χ4n) is 2.26. The summed E-state index contributed by atoms with van der Waals surface area (Å²) in [6.45, 7) is 4.67. The summed E-state index contributed by atoms with van der Waals surface area (Å²) in [4.78, 5) is 0.252. The van der Waals surface area contributed by atoms with Gasteiger partial charge in [0.25, 0.3) is 0 Å². The molecular weight excluding hydrogens is 343 g/mol. The highest BCUT2D eigenvalue weighted by atomic mass is 32.2. The second kappa shape index (κ2) is 7.84. The van der Waals surface area contributed by atoms with E-state index < -0.39 is 10.0 Å². The molecule has 0 aliphatic rings. The van der Waals surface area contributed by atoms with E-state index in [2.05, 4.69) is 5.32 Å². The van der Waals surface area contributed by atoms with E-state index in [1.807, 2.05) is 13.8 Å². The van der Waals surface area contributed by atoms with Crippen LogP contribution >= 0.6 is 0 Å². The van der Waals surface area contributed by atoms with E-state index in [1.165, 1.54) is 30.5 Å². The van der Waals surface area contributed by atoms with E-state index in [1.54, 1.807) is 24.3 Å². The van der Waals surface area contributed by atoms with Crippen LogP contribution < -0.4 is 10.1 Å². The Morgan fingerprint density at radius 3 is 2.36 bits per heavy atom. The molecule has 0 atom stereocenters. The Bertz CT molecular complexity index is 834. The standard InChI is InChI=1S/C18H23FN2O3S/c1-13-11-17(25(22,23)21(3)4)12-18(14(13)2)20-9-10-24-16-7-5-15(19)6-8-16/h5-8,11-12,20H,9-10H2,1-4H3. The lowest BCUT2D eigenvalue weighted by Crippen LogP contribution is -2.22. The van der Waals surface area contributed by atoms with Crippen LogP contribution in [0.5, 0.6) is 5.75 Å². The molecule has 0 saturated carbocycles. The summed E-state index contributed by atoms with van der Waals surface area (Å²) in [5, 5.41) is 3.20. The van der Waals surface area contributed by atoms with E-state index >= 15 is 0 Å². The van der Waals surface area contributed by atoms with Gasteiger partial charge in [-0.05, 0) is 61.4 Å². The average Bonchev–Trinajstić information content (AvgIpc) is 2.56. The molecule has 0 spiro atoms. The van der Waals surface area contributed by atoms with E-state index in [4.69, 9.17) is 4.74 Å². The van der Waals surface area contributed by atoms with Gasteiger partial charge in [0.05, 0.1) is 4.90 Å². The molecule has 0 radical (unpaired) electrons. The van der Waals surface area contributed by atoms with Crippen LogP contribution in [0, 0.1) is 19.7 Å². The maximum absolute atomic E-state index is 12.8. The van der Waals surface area contributed by atoms with Crippen LogP contribution in [0.3, 0.4) is 0 Å². The molecule has 0 aromatic heterocycles. The molecule has 2 aromatic carbocycles. The second-order valence-corrected chi connectivity index (χ2v) is 8.08. The van der Waals surface area contributed by atoms with E-state index in [-0.39, 0.29) is 10.7 Å². The van der Waals surface area contributed by atoms with Crippen molar-refractivity contribution in [2.75, 3.05) is 32.6 Å². The van der Waals surface area contributed by atoms with Gasteiger partial charge in [0.1, 0.15) is 18.2 Å². The molecule has 0 heterocycles. The topological polar surface area (TPSA) is 58.6 Å². The maximum Gasteiger partial charge on any atom is 0.242 e. The summed E-state index contributed by atoms with van der Waals surface area (Å²) in [6, 6.07) is 9.11. The Morgan fingerprint density at radius 1 is 1.12 bits per heavy atom. The van der Waals surface area contributed by atoms with Crippen LogP contribution in [0.25, 0.3) is 0 Å². The van der Waals surface area contributed by atoms with Crippen molar-refractivity contribution < 1.29 is 17.5 Å². The molecule has 0 unspecified atom stereocenters. The molecule has 2 aromatic rings. The summed E-state index contributed by atoms with van der Waals surface area (Å²) in [7, 11) is -0.474. The molecule has 25 heavy (non-hydrogen) atoms. The predicted molar refractivity (Wildman–Crippen MR) is 97.2 cm³/mol. The molecule has 0 aliphatic carbocycles. The zero-order chi connectivity index (χ0) is 18.6. The molecular formula is C18H23FN2O3S. The largest absolute Gasteiger partial charge is 0.492 e. The number of benzene rings is 2. The van der Waals surface area contributed by atoms with Crippen LogP contribution in [-0.2, 0) is 10.0 Å². The Balaban J connectivity index is 2.06. The Kier molecular flexibility index (Phi) is 6.02. The molecule has 2 rings (SSSR count). The molecule has 136 valence electrons. The fraction of sp³-hybridized carbons (Fsp3) is 0.333. The van der Waals surface area contributed by atoms with E-state index in [0.717, 1.165) is 16.8 Å². The van der Waals surface area contributed by atoms with Crippen molar-refractivity contribution in [3.05, 3.63) is 53.3 Å². The monoisotopic (exact) mass is 366 g/mol. The normalized spacial score (nSPS) is 11.6. The first-order valence-corrected chi connectivity index (χ1v) is 9.32.